The number of carbonyl (C=O) groups excluding carboxylic acids is 5. The summed E-state index contributed by atoms with van der Waals surface area (Å²) < 4.78 is 6.09. The lowest BCUT2D eigenvalue weighted by atomic mass is 10.1. The summed E-state index contributed by atoms with van der Waals surface area (Å²) in [4.78, 5) is 67.7. The molecule has 1 heterocycles. The number of benzene rings is 4. The summed E-state index contributed by atoms with van der Waals surface area (Å²) in [6.45, 7) is 5.31. The molecule has 0 aliphatic carbocycles. The molecule has 4 N–H and O–H groups in total. The lowest BCUT2D eigenvalue weighted by Gasteiger charge is -2.16. The van der Waals surface area contributed by atoms with Crippen molar-refractivity contribution >= 4 is 91.1 Å². The zero-order valence-electron chi connectivity index (χ0n) is 29.6. The minimum absolute atomic E-state index is 0.0336. The molecule has 1 unspecified atom stereocenters. The molecule has 0 aliphatic rings. The average molecular weight is 826 g/mol. The molecule has 0 saturated heterocycles. The van der Waals surface area contributed by atoms with Crippen molar-refractivity contribution in [1.82, 2.24) is 5.32 Å². The first kappa shape index (κ1) is 39.7. The molecular formula is C41H37BrN4O6S2. The zero-order valence-corrected chi connectivity index (χ0v) is 32.8. The van der Waals surface area contributed by atoms with Crippen LogP contribution in [0.25, 0.3) is 6.08 Å². The summed E-state index contributed by atoms with van der Waals surface area (Å²) in [5, 5.41) is 10.9. The molecule has 1 atom stereocenters. The van der Waals surface area contributed by atoms with Crippen LogP contribution in [0.5, 0.6) is 0 Å². The van der Waals surface area contributed by atoms with E-state index >= 15 is 0 Å². The highest BCUT2D eigenvalue weighted by Crippen LogP contribution is 2.36. The van der Waals surface area contributed by atoms with Crippen LogP contribution in [-0.2, 0) is 14.3 Å². The van der Waals surface area contributed by atoms with E-state index in [1.807, 2.05) is 43.3 Å². The van der Waals surface area contributed by atoms with Gasteiger partial charge in [0.15, 0.2) is 0 Å². The zero-order chi connectivity index (χ0) is 38.6. The fourth-order valence-electron chi connectivity index (χ4n) is 5.21. The van der Waals surface area contributed by atoms with Crippen LogP contribution in [0.3, 0.4) is 0 Å². The van der Waals surface area contributed by atoms with Crippen molar-refractivity contribution in [3.63, 3.8) is 0 Å². The fraction of sp³-hybridized carbons (Fsp3) is 0.146. The summed E-state index contributed by atoms with van der Waals surface area (Å²) in [5.74, 6) is -2.41. The summed E-state index contributed by atoms with van der Waals surface area (Å²) in [5.41, 5.74) is 2.69. The van der Waals surface area contributed by atoms with E-state index in [4.69, 9.17) is 4.74 Å². The molecule has 5 aromatic rings. The quantitative estimate of drug-likeness (QED) is 0.0497. The van der Waals surface area contributed by atoms with Gasteiger partial charge in [0.2, 0.25) is 5.91 Å². The highest BCUT2D eigenvalue weighted by atomic mass is 79.9. The Kier molecular flexibility index (Phi) is 14.0. The minimum atomic E-state index is -0.641. The normalized spacial score (nSPS) is 11.6. The number of rotatable bonds is 14. The second kappa shape index (κ2) is 19.0. The Morgan fingerprint density at radius 1 is 0.796 bits per heavy atom. The first-order chi connectivity index (χ1) is 26.1. The second-order valence-electron chi connectivity index (χ2n) is 11.7. The number of halogens is 1. The molecule has 10 nitrogen and oxygen atoms in total. The molecule has 1 aromatic heterocycles. The molecule has 0 fully saturated rings. The van der Waals surface area contributed by atoms with E-state index in [1.165, 1.54) is 11.8 Å². The third-order valence-corrected chi connectivity index (χ3v) is 10.9. The van der Waals surface area contributed by atoms with Crippen LogP contribution < -0.4 is 21.3 Å². The number of carbonyl (C=O) groups is 5. The Labute approximate surface area is 329 Å². The highest BCUT2D eigenvalue weighted by molar-refractivity contribution is 9.10. The molecule has 54 heavy (non-hydrogen) atoms. The number of amides is 4. The smallest absolute Gasteiger partial charge is 0.341 e. The number of ether oxygens (including phenoxy) is 1. The Balaban J connectivity index is 1.33. The van der Waals surface area contributed by atoms with Crippen molar-refractivity contribution in [3.8, 4) is 0 Å². The standard InChI is InChI=1S/C41H37BrN4O6S2/c1-4-33(38(49)46-40-34(41(51)52-5-2)25(3)35(54-40)39(50)43-29-18-10-7-11-19-29)53-31-21-13-20-30(24-31)44-37(48)32(23-26-14-12-17-28(42)22-26)45-36(47)27-15-8-6-9-16-27/h6-24,33H,4-5H2,1-3H3,(H,43,50)(H,44,48)(H,45,47)(H,46,49)/b32-23+. The van der Waals surface area contributed by atoms with E-state index in [0.717, 1.165) is 15.8 Å². The summed E-state index contributed by atoms with van der Waals surface area (Å²) in [7, 11) is 0. The van der Waals surface area contributed by atoms with Crippen molar-refractivity contribution in [2.24, 2.45) is 0 Å². The summed E-state index contributed by atoms with van der Waals surface area (Å²) in [6.07, 6.45) is 2.02. The van der Waals surface area contributed by atoms with Gasteiger partial charge >= 0.3 is 5.97 Å². The van der Waals surface area contributed by atoms with Gasteiger partial charge in [0.25, 0.3) is 17.7 Å². The Morgan fingerprint density at radius 3 is 2.17 bits per heavy atom. The first-order valence-electron chi connectivity index (χ1n) is 17.0. The number of para-hydroxylation sites is 1. The van der Waals surface area contributed by atoms with Crippen molar-refractivity contribution in [2.45, 2.75) is 37.3 Å². The lowest BCUT2D eigenvalue weighted by Crippen LogP contribution is -2.30. The van der Waals surface area contributed by atoms with Crippen LogP contribution in [0.1, 0.15) is 61.8 Å². The molecule has 5 rings (SSSR count). The van der Waals surface area contributed by atoms with Gasteiger partial charge in [-0.05, 0) is 92.1 Å². The molecule has 0 radical (unpaired) electrons. The maximum absolute atomic E-state index is 13.7. The number of thioether (sulfide) groups is 1. The maximum atomic E-state index is 13.7. The molecule has 4 amide bonds. The van der Waals surface area contributed by atoms with Gasteiger partial charge in [-0.3, -0.25) is 19.2 Å². The van der Waals surface area contributed by atoms with Gasteiger partial charge in [-0.2, -0.15) is 0 Å². The van der Waals surface area contributed by atoms with E-state index in [0.29, 0.717) is 39.4 Å². The van der Waals surface area contributed by atoms with Crippen molar-refractivity contribution in [3.05, 3.63) is 146 Å². The van der Waals surface area contributed by atoms with Crippen LogP contribution in [-0.4, -0.2) is 41.5 Å². The first-order valence-corrected chi connectivity index (χ1v) is 19.4. The number of anilines is 3. The predicted octanol–water partition coefficient (Wildman–Crippen LogP) is 9.17. The van der Waals surface area contributed by atoms with Crippen LogP contribution in [0.2, 0.25) is 0 Å². The topological polar surface area (TPSA) is 143 Å². The Hall–Kier alpha value is -5.50. The molecule has 0 spiro atoms. The van der Waals surface area contributed by atoms with Gasteiger partial charge in [0, 0.05) is 26.3 Å². The minimum Gasteiger partial charge on any atom is -0.462 e. The molecule has 13 heteroatoms. The van der Waals surface area contributed by atoms with E-state index in [1.54, 1.807) is 92.7 Å². The third-order valence-electron chi connectivity index (χ3n) is 7.82. The number of thiophene rings is 1. The van der Waals surface area contributed by atoms with Crippen LogP contribution >= 0.6 is 39.0 Å². The molecule has 0 saturated carbocycles. The molecule has 276 valence electrons. The lowest BCUT2D eigenvalue weighted by molar-refractivity contribution is -0.116. The monoisotopic (exact) mass is 824 g/mol. The molecule has 0 bridgehead atoms. The van der Waals surface area contributed by atoms with Gasteiger partial charge in [0.05, 0.1) is 22.3 Å². The van der Waals surface area contributed by atoms with Crippen molar-refractivity contribution in [1.29, 1.82) is 0 Å². The van der Waals surface area contributed by atoms with Gasteiger partial charge in [-0.25, -0.2) is 4.79 Å². The summed E-state index contributed by atoms with van der Waals surface area (Å²) in [6, 6.07) is 31.9. The third kappa shape index (κ3) is 10.6. The van der Waals surface area contributed by atoms with Crippen LogP contribution in [0.15, 0.2) is 124 Å². The van der Waals surface area contributed by atoms with Gasteiger partial charge < -0.3 is 26.0 Å². The highest BCUT2D eigenvalue weighted by Gasteiger charge is 2.29. The largest absolute Gasteiger partial charge is 0.462 e. The number of hydrogen-bond donors (Lipinski definition) is 4. The van der Waals surface area contributed by atoms with Crippen molar-refractivity contribution in [2.75, 3.05) is 22.6 Å². The van der Waals surface area contributed by atoms with Crippen molar-refractivity contribution < 1.29 is 28.7 Å². The maximum Gasteiger partial charge on any atom is 0.341 e. The number of nitrogens with one attached hydrogen (secondary N) is 4. The van der Waals surface area contributed by atoms with E-state index in [2.05, 4.69) is 37.2 Å². The number of esters is 1. The van der Waals surface area contributed by atoms with Crippen LogP contribution in [0.4, 0.5) is 16.4 Å². The number of hydrogen-bond acceptors (Lipinski definition) is 8. The Morgan fingerprint density at radius 2 is 1.48 bits per heavy atom. The van der Waals surface area contributed by atoms with Gasteiger partial charge in [0.1, 0.15) is 10.7 Å². The fourth-order valence-corrected chi connectivity index (χ4v) is 7.73. The molecule has 0 aliphatic heterocycles. The SMILES string of the molecule is CCOC(=O)c1c(NC(=O)C(CC)Sc2cccc(NC(=O)/C(=C\c3cccc(Br)c3)NC(=O)c3ccccc3)c2)sc(C(=O)Nc2ccccc2)c1C. The predicted molar refractivity (Wildman–Crippen MR) is 219 cm³/mol. The van der Waals surface area contributed by atoms with E-state index < -0.39 is 28.9 Å². The van der Waals surface area contributed by atoms with E-state index in [-0.39, 0.29) is 33.7 Å². The molecule has 4 aromatic carbocycles. The second-order valence-corrected chi connectivity index (χ2v) is 14.9. The van der Waals surface area contributed by atoms with Crippen LogP contribution in [0, 0.1) is 6.92 Å². The van der Waals surface area contributed by atoms with E-state index in [9.17, 15) is 24.0 Å². The van der Waals surface area contributed by atoms with Gasteiger partial charge in [-0.1, -0.05) is 77.5 Å². The van der Waals surface area contributed by atoms with Gasteiger partial charge in [-0.15, -0.1) is 23.1 Å². The average Bonchev–Trinajstić information content (AvgIpc) is 3.49. The Bertz CT molecular complexity index is 2190. The summed E-state index contributed by atoms with van der Waals surface area (Å²) >= 11 is 5.73. The molecular weight excluding hydrogens is 789 g/mol.